The lowest BCUT2D eigenvalue weighted by molar-refractivity contribution is 1.18. The van der Waals surface area contributed by atoms with E-state index in [0.29, 0.717) is 0 Å². The molecule has 0 saturated heterocycles. The summed E-state index contributed by atoms with van der Waals surface area (Å²) < 4.78 is 5.01. The molecule has 0 atom stereocenters. The minimum absolute atomic E-state index is 1.08. The number of rotatable bonds is 8. The van der Waals surface area contributed by atoms with E-state index in [1.54, 1.807) is 0 Å². The first-order chi connectivity index (χ1) is 31.3. The standard InChI is InChI=1S/C60H40N2S/c1-4-17-41(18-5-1)42-31-33-44(34-32-42)48-37-35-46(39-55(48)43-19-6-2-7-20-43)61(47-36-38-51-49-23-10-14-29-57(49)62(58(51)40-47)45-21-8-3-9-22-45)56-28-13-11-24-50(56)53-26-16-27-54-52-25-12-15-30-59(52)63-60(53)54/h1-40H. The van der Waals surface area contributed by atoms with E-state index in [1.807, 2.05) is 11.3 Å². The molecule has 3 heteroatoms. The van der Waals surface area contributed by atoms with Crippen molar-refractivity contribution >= 4 is 70.4 Å². The monoisotopic (exact) mass is 820 g/mol. The summed E-state index contributed by atoms with van der Waals surface area (Å²) >= 11 is 1.88. The number of hydrogen-bond donors (Lipinski definition) is 0. The van der Waals surface area contributed by atoms with Crippen molar-refractivity contribution in [3.63, 3.8) is 0 Å². The fourth-order valence-electron chi connectivity index (χ4n) is 9.49. The molecule has 0 amide bonds. The predicted octanol–water partition coefficient (Wildman–Crippen LogP) is 17.3. The molecular formula is C60H40N2S. The van der Waals surface area contributed by atoms with Gasteiger partial charge in [-0.2, -0.15) is 0 Å². The van der Waals surface area contributed by atoms with Gasteiger partial charge in [0.05, 0.1) is 16.7 Å². The summed E-state index contributed by atoms with van der Waals surface area (Å²) in [6.45, 7) is 0. The first-order valence-corrected chi connectivity index (χ1v) is 22.3. The van der Waals surface area contributed by atoms with Crippen LogP contribution >= 0.6 is 11.3 Å². The van der Waals surface area contributed by atoms with Crippen LogP contribution in [0.2, 0.25) is 0 Å². The van der Waals surface area contributed by atoms with E-state index in [2.05, 4.69) is 252 Å². The highest BCUT2D eigenvalue weighted by molar-refractivity contribution is 7.26. The van der Waals surface area contributed by atoms with Crippen molar-refractivity contribution in [3.8, 4) is 50.2 Å². The van der Waals surface area contributed by atoms with Crippen LogP contribution in [0.5, 0.6) is 0 Å². The lowest BCUT2D eigenvalue weighted by Gasteiger charge is -2.29. The van der Waals surface area contributed by atoms with Gasteiger partial charge in [-0.1, -0.05) is 188 Å². The molecule has 0 unspecified atom stereocenters. The summed E-state index contributed by atoms with van der Waals surface area (Å²) in [6.07, 6.45) is 0. The SMILES string of the molecule is c1ccc(-c2ccc(-c3ccc(N(c4ccc5c6ccccc6n(-c6ccccc6)c5c4)c4ccccc4-c4cccc5c4sc4ccccc45)cc3-c3ccccc3)cc2)cc1. The Morgan fingerprint density at radius 2 is 0.873 bits per heavy atom. The Hall–Kier alpha value is -7.98. The fourth-order valence-corrected chi connectivity index (χ4v) is 10.7. The maximum atomic E-state index is 2.47. The molecule has 2 nitrogen and oxygen atoms in total. The highest BCUT2D eigenvalue weighted by Crippen LogP contribution is 2.48. The van der Waals surface area contributed by atoms with Gasteiger partial charge in [0.2, 0.25) is 0 Å². The van der Waals surface area contributed by atoms with Crippen LogP contribution in [-0.2, 0) is 0 Å². The third-order valence-corrected chi connectivity index (χ3v) is 13.6. The molecule has 12 aromatic rings. The van der Waals surface area contributed by atoms with Crippen LogP contribution in [0.4, 0.5) is 17.1 Å². The molecule has 296 valence electrons. The van der Waals surface area contributed by atoms with Crippen LogP contribution in [0.1, 0.15) is 0 Å². The van der Waals surface area contributed by atoms with Crippen LogP contribution in [0.25, 0.3) is 92.2 Å². The number of anilines is 3. The van der Waals surface area contributed by atoms with Gasteiger partial charge in [0.1, 0.15) is 0 Å². The molecule has 2 aromatic heterocycles. The Balaban J connectivity index is 1.11. The normalized spacial score (nSPS) is 11.5. The Labute approximate surface area is 370 Å². The zero-order valence-electron chi connectivity index (χ0n) is 34.4. The summed E-state index contributed by atoms with van der Waals surface area (Å²) in [6, 6.07) is 88.5. The van der Waals surface area contributed by atoms with E-state index in [0.717, 1.165) is 28.3 Å². The number of aromatic nitrogens is 1. The van der Waals surface area contributed by atoms with Gasteiger partial charge in [-0.15, -0.1) is 11.3 Å². The van der Waals surface area contributed by atoms with Gasteiger partial charge in [-0.25, -0.2) is 0 Å². The van der Waals surface area contributed by atoms with Gasteiger partial charge in [0, 0.05) is 59.1 Å². The lowest BCUT2D eigenvalue weighted by atomic mass is 9.92. The van der Waals surface area contributed by atoms with E-state index in [4.69, 9.17) is 0 Å². The zero-order chi connectivity index (χ0) is 41.7. The maximum absolute atomic E-state index is 2.47. The summed E-state index contributed by atoms with van der Waals surface area (Å²) in [4.78, 5) is 2.47. The quantitative estimate of drug-likeness (QED) is 0.148. The van der Waals surface area contributed by atoms with Gasteiger partial charge >= 0.3 is 0 Å². The molecule has 0 aliphatic carbocycles. The zero-order valence-corrected chi connectivity index (χ0v) is 35.2. The van der Waals surface area contributed by atoms with E-state index >= 15 is 0 Å². The molecule has 0 radical (unpaired) electrons. The van der Waals surface area contributed by atoms with Crippen LogP contribution in [0.15, 0.2) is 243 Å². The molecule has 12 rings (SSSR count). The van der Waals surface area contributed by atoms with Crippen LogP contribution < -0.4 is 4.90 Å². The molecule has 63 heavy (non-hydrogen) atoms. The second-order valence-corrected chi connectivity index (χ2v) is 17.1. The smallest absolute Gasteiger partial charge is 0.0561 e. The molecule has 0 spiro atoms. The van der Waals surface area contributed by atoms with Crippen LogP contribution in [0, 0.1) is 0 Å². The van der Waals surface area contributed by atoms with Gasteiger partial charge in [-0.3, -0.25) is 0 Å². The molecule has 0 aliphatic heterocycles. The number of thiophene rings is 1. The maximum Gasteiger partial charge on any atom is 0.0561 e. The van der Waals surface area contributed by atoms with E-state index in [9.17, 15) is 0 Å². The first kappa shape index (κ1) is 36.8. The van der Waals surface area contributed by atoms with E-state index in [1.165, 1.54) is 81.0 Å². The Bertz CT molecular complexity index is 3600. The molecule has 0 fully saturated rings. The molecule has 0 bridgehead atoms. The third kappa shape index (κ3) is 6.41. The average molecular weight is 821 g/mol. The highest BCUT2D eigenvalue weighted by atomic mass is 32.1. The first-order valence-electron chi connectivity index (χ1n) is 21.5. The Kier molecular flexibility index (Phi) is 9.06. The van der Waals surface area contributed by atoms with Gasteiger partial charge < -0.3 is 9.47 Å². The second kappa shape index (κ2) is 15.5. The van der Waals surface area contributed by atoms with Gasteiger partial charge in [0.15, 0.2) is 0 Å². The minimum atomic E-state index is 1.08. The summed E-state index contributed by atoms with van der Waals surface area (Å²) in [5.74, 6) is 0. The number of hydrogen-bond acceptors (Lipinski definition) is 2. The Morgan fingerprint density at radius 3 is 1.68 bits per heavy atom. The van der Waals surface area contributed by atoms with E-state index < -0.39 is 0 Å². The van der Waals surface area contributed by atoms with Crippen molar-refractivity contribution in [2.75, 3.05) is 4.90 Å². The number of nitrogens with zero attached hydrogens (tertiary/aromatic N) is 2. The van der Waals surface area contributed by atoms with Crippen molar-refractivity contribution in [1.29, 1.82) is 0 Å². The molecule has 0 saturated carbocycles. The van der Waals surface area contributed by atoms with Crippen LogP contribution in [-0.4, -0.2) is 4.57 Å². The van der Waals surface area contributed by atoms with Crippen molar-refractivity contribution in [3.05, 3.63) is 243 Å². The summed E-state index contributed by atoms with van der Waals surface area (Å²) in [5.41, 5.74) is 16.3. The number of fused-ring (bicyclic) bond motifs is 6. The third-order valence-electron chi connectivity index (χ3n) is 12.4. The van der Waals surface area contributed by atoms with Crippen molar-refractivity contribution < 1.29 is 0 Å². The molecular weight excluding hydrogens is 781 g/mol. The molecule has 0 aliphatic rings. The average Bonchev–Trinajstić information content (AvgIpc) is 3.91. The predicted molar refractivity (Wildman–Crippen MR) is 270 cm³/mol. The molecule has 10 aromatic carbocycles. The van der Waals surface area contributed by atoms with Crippen molar-refractivity contribution in [2.24, 2.45) is 0 Å². The number of benzene rings is 10. The van der Waals surface area contributed by atoms with Crippen LogP contribution in [0.3, 0.4) is 0 Å². The van der Waals surface area contributed by atoms with Crippen molar-refractivity contribution in [1.82, 2.24) is 4.57 Å². The van der Waals surface area contributed by atoms with Gasteiger partial charge in [0.25, 0.3) is 0 Å². The summed E-state index contributed by atoms with van der Waals surface area (Å²) in [7, 11) is 0. The lowest BCUT2D eigenvalue weighted by Crippen LogP contribution is -2.12. The van der Waals surface area contributed by atoms with Gasteiger partial charge in [-0.05, 0) is 88.0 Å². The summed E-state index contributed by atoms with van der Waals surface area (Å²) in [5, 5.41) is 5.05. The largest absolute Gasteiger partial charge is 0.310 e. The topological polar surface area (TPSA) is 8.17 Å². The molecule has 2 heterocycles. The minimum Gasteiger partial charge on any atom is -0.310 e. The number of para-hydroxylation sites is 3. The van der Waals surface area contributed by atoms with E-state index in [-0.39, 0.29) is 0 Å². The Morgan fingerprint density at radius 1 is 0.317 bits per heavy atom. The molecule has 0 N–H and O–H groups in total. The fraction of sp³-hybridized carbons (Fsp3) is 0. The second-order valence-electron chi connectivity index (χ2n) is 16.1. The van der Waals surface area contributed by atoms with Crippen molar-refractivity contribution in [2.45, 2.75) is 0 Å². The highest BCUT2D eigenvalue weighted by Gasteiger charge is 2.23.